The van der Waals surface area contributed by atoms with Gasteiger partial charge in [-0.3, -0.25) is 14.4 Å². The Balaban J connectivity index is 2.73. The summed E-state index contributed by atoms with van der Waals surface area (Å²) >= 11 is 0. The molecule has 0 aliphatic heterocycles. The van der Waals surface area contributed by atoms with Crippen LogP contribution in [-0.2, 0) is 23.9 Å². The van der Waals surface area contributed by atoms with Crippen molar-refractivity contribution in [1.82, 2.24) is 5.32 Å². The first-order chi connectivity index (χ1) is 10.5. The lowest BCUT2D eigenvalue weighted by molar-refractivity contribution is -0.141. The molecule has 0 spiro atoms. The van der Waals surface area contributed by atoms with E-state index in [0.29, 0.717) is 5.56 Å². The lowest BCUT2D eigenvalue weighted by atomic mass is 10.1. The van der Waals surface area contributed by atoms with Gasteiger partial charge in [-0.25, -0.2) is 0 Å². The zero-order valence-corrected chi connectivity index (χ0v) is 12.6. The van der Waals surface area contributed by atoms with Crippen molar-refractivity contribution >= 4 is 17.8 Å². The number of primary amides is 1. The SMILES string of the molecule is COC(=O)CC[C@H](NC(=O)[C@@H](OC)c1ccccc1)C(N)=O. The fraction of sp³-hybridized carbons (Fsp3) is 0.400. The van der Waals surface area contributed by atoms with Crippen LogP contribution in [0.4, 0.5) is 0 Å². The zero-order chi connectivity index (χ0) is 16.5. The number of hydrogen-bond acceptors (Lipinski definition) is 5. The third-order valence-electron chi connectivity index (χ3n) is 3.10. The number of hydrogen-bond donors (Lipinski definition) is 2. The summed E-state index contributed by atoms with van der Waals surface area (Å²) in [5, 5.41) is 2.50. The summed E-state index contributed by atoms with van der Waals surface area (Å²) in [6, 6.07) is 7.88. The van der Waals surface area contributed by atoms with Gasteiger partial charge in [0.25, 0.3) is 5.91 Å². The van der Waals surface area contributed by atoms with Gasteiger partial charge in [-0.05, 0) is 12.0 Å². The van der Waals surface area contributed by atoms with Crippen molar-refractivity contribution < 1.29 is 23.9 Å². The summed E-state index contributed by atoms with van der Waals surface area (Å²) in [5.74, 6) is -1.70. The van der Waals surface area contributed by atoms with Crippen molar-refractivity contribution in [3.63, 3.8) is 0 Å². The molecule has 1 aromatic carbocycles. The number of benzene rings is 1. The van der Waals surface area contributed by atoms with Gasteiger partial charge >= 0.3 is 5.97 Å². The molecule has 0 aromatic heterocycles. The molecule has 0 saturated carbocycles. The Bertz CT molecular complexity index is 518. The first-order valence-electron chi connectivity index (χ1n) is 6.73. The number of nitrogens with two attached hydrogens (primary N) is 1. The number of methoxy groups -OCH3 is 2. The summed E-state index contributed by atoms with van der Waals surface area (Å²) in [7, 11) is 2.64. The van der Waals surface area contributed by atoms with Crippen LogP contribution in [0.25, 0.3) is 0 Å². The Kier molecular flexibility index (Phi) is 7.04. The van der Waals surface area contributed by atoms with Crippen molar-refractivity contribution in [3.8, 4) is 0 Å². The normalized spacial score (nSPS) is 13.0. The predicted octanol–water partition coefficient (Wildman–Crippen LogP) is 0.297. The van der Waals surface area contributed by atoms with Gasteiger partial charge in [-0.1, -0.05) is 30.3 Å². The number of amides is 2. The molecule has 2 atom stereocenters. The molecule has 0 fully saturated rings. The number of rotatable bonds is 8. The minimum Gasteiger partial charge on any atom is -0.469 e. The molecular formula is C15H20N2O5. The molecule has 1 rings (SSSR count). The monoisotopic (exact) mass is 308 g/mol. The van der Waals surface area contributed by atoms with Gasteiger partial charge in [-0.2, -0.15) is 0 Å². The molecule has 7 nitrogen and oxygen atoms in total. The van der Waals surface area contributed by atoms with Crippen LogP contribution in [-0.4, -0.2) is 38.0 Å². The quantitative estimate of drug-likeness (QED) is 0.671. The molecular weight excluding hydrogens is 288 g/mol. The molecule has 2 amide bonds. The highest BCUT2D eigenvalue weighted by Gasteiger charge is 2.25. The fourth-order valence-electron chi connectivity index (χ4n) is 1.92. The van der Waals surface area contributed by atoms with Crippen molar-refractivity contribution in [2.45, 2.75) is 25.0 Å². The molecule has 3 N–H and O–H groups in total. The van der Waals surface area contributed by atoms with Crippen molar-refractivity contribution in [2.75, 3.05) is 14.2 Å². The largest absolute Gasteiger partial charge is 0.469 e. The molecule has 0 saturated heterocycles. The second-order valence-electron chi connectivity index (χ2n) is 4.60. The van der Waals surface area contributed by atoms with Crippen LogP contribution in [0.1, 0.15) is 24.5 Å². The van der Waals surface area contributed by atoms with Crippen LogP contribution in [0, 0.1) is 0 Å². The number of ether oxygens (including phenoxy) is 2. The van der Waals surface area contributed by atoms with Gasteiger partial charge in [-0.15, -0.1) is 0 Å². The van der Waals surface area contributed by atoms with Gasteiger partial charge in [0, 0.05) is 13.5 Å². The van der Waals surface area contributed by atoms with E-state index < -0.39 is 29.9 Å². The van der Waals surface area contributed by atoms with E-state index in [-0.39, 0.29) is 12.8 Å². The Labute approximate surface area is 128 Å². The minimum atomic E-state index is -0.965. The molecule has 22 heavy (non-hydrogen) atoms. The topological polar surface area (TPSA) is 108 Å². The molecule has 1 aromatic rings. The van der Waals surface area contributed by atoms with Crippen LogP contribution in [0.5, 0.6) is 0 Å². The van der Waals surface area contributed by atoms with E-state index in [9.17, 15) is 14.4 Å². The van der Waals surface area contributed by atoms with E-state index in [4.69, 9.17) is 10.5 Å². The summed E-state index contributed by atoms with van der Waals surface area (Å²) in [6.07, 6.45) is -0.812. The molecule has 0 aliphatic carbocycles. The number of carbonyl (C=O) groups excluding carboxylic acids is 3. The fourth-order valence-corrected chi connectivity index (χ4v) is 1.92. The molecule has 0 bridgehead atoms. The predicted molar refractivity (Wildman–Crippen MR) is 78.6 cm³/mol. The first-order valence-corrected chi connectivity index (χ1v) is 6.73. The molecule has 0 aliphatic rings. The number of esters is 1. The third-order valence-corrected chi connectivity index (χ3v) is 3.10. The lowest BCUT2D eigenvalue weighted by Gasteiger charge is -2.20. The van der Waals surface area contributed by atoms with Crippen LogP contribution in [0.15, 0.2) is 30.3 Å². The van der Waals surface area contributed by atoms with E-state index in [0.717, 1.165) is 0 Å². The Morgan fingerprint density at radius 3 is 2.32 bits per heavy atom. The van der Waals surface area contributed by atoms with Crippen LogP contribution >= 0.6 is 0 Å². The van der Waals surface area contributed by atoms with Crippen molar-refractivity contribution in [1.29, 1.82) is 0 Å². The second kappa shape index (κ2) is 8.78. The molecule has 120 valence electrons. The van der Waals surface area contributed by atoms with E-state index in [2.05, 4.69) is 10.1 Å². The highest BCUT2D eigenvalue weighted by atomic mass is 16.5. The van der Waals surface area contributed by atoms with Crippen LogP contribution in [0.3, 0.4) is 0 Å². The Hall–Kier alpha value is -2.41. The highest BCUT2D eigenvalue weighted by molar-refractivity contribution is 5.89. The third kappa shape index (κ3) is 5.17. The zero-order valence-electron chi connectivity index (χ0n) is 12.6. The minimum absolute atomic E-state index is 0.0205. The van der Waals surface area contributed by atoms with Gasteiger partial charge in [0.1, 0.15) is 6.04 Å². The average molecular weight is 308 g/mol. The van der Waals surface area contributed by atoms with E-state index >= 15 is 0 Å². The summed E-state index contributed by atoms with van der Waals surface area (Å²) < 4.78 is 9.66. The standard InChI is InChI=1S/C15H20N2O5/c1-21-12(18)9-8-11(14(16)19)17-15(20)13(22-2)10-6-4-3-5-7-10/h3-7,11,13H,8-9H2,1-2H3,(H2,16,19)(H,17,20)/t11-,13-/m0/s1. The van der Waals surface area contributed by atoms with Gasteiger partial charge < -0.3 is 20.5 Å². The van der Waals surface area contributed by atoms with Crippen molar-refractivity contribution in [3.05, 3.63) is 35.9 Å². The summed E-state index contributed by atoms with van der Waals surface area (Å²) in [6.45, 7) is 0. The first kappa shape index (κ1) is 17.6. The maximum Gasteiger partial charge on any atom is 0.305 e. The second-order valence-corrected chi connectivity index (χ2v) is 4.60. The Morgan fingerprint density at radius 2 is 1.82 bits per heavy atom. The molecule has 0 radical (unpaired) electrons. The average Bonchev–Trinajstić information content (AvgIpc) is 2.52. The van der Waals surface area contributed by atoms with E-state index in [1.807, 2.05) is 6.07 Å². The van der Waals surface area contributed by atoms with E-state index in [1.54, 1.807) is 24.3 Å². The molecule has 7 heteroatoms. The van der Waals surface area contributed by atoms with Crippen LogP contribution < -0.4 is 11.1 Å². The molecule has 0 unspecified atom stereocenters. The van der Waals surface area contributed by atoms with Gasteiger partial charge in [0.2, 0.25) is 5.91 Å². The number of carbonyl (C=O) groups is 3. The number of nitrogens with one attached hydrogen (secondary N) is 1. The van der Waals surface area contributed by atoms with Crippen LogP contribution in [0.2, 0.25) is 0 Å². The van der Waals surface area contributed by atoms with Gasteiger partial charge in [0.15, 0.2) is 6.10 Å². The molecule has 0 heterocycles. The van der Waals surface area contributed by atoms with Crippen molar-refractivity contribution in [2.24, 2.45) is 5.73 Å². The smallest absolute Gasteiger partial charge is 0.305 e. The maximum absolute atomic E-state index is 12.2. The lowest BCUT2D eigenvalue weighted by Crippen LogP contribution is -2.46. The highest BCUT2D eigenvalue weighted by Crippen LogP contribution is 2.16. The van der Waals surface area contributed by atoms with E-state index in [1.165, 1.54) is 14.2 Å². The maximum atomic E-state index is 12.2. The van der Waals surface area contributed by atoms with Gasteiger partial charge in [0.05, 0.1) is 7.11 Å². The summed E-state index contributed by atoms with van der Waals surface area (Å²) in [4.78, 5) is 34.8. The Morgan fingerprint density at radius 1 is 1.18 bits per heavy atom. The summed E-state index contributed by atoms with van der Waals surface area (Å²) in [5.41, 5.74) is 5.90.